The van der Waals surface area contributed by atoms with Gasteiger partial charge in [0.25, 0.3) is 0 Å². The van der Waals surface area contributed by atoms with Gasteiger partial charge in [-0.15, -0.1) is 0 Å². The summed E-state index contributed by atoms with van der Waals surface area (Å²) in [5, 5.41) is 21.2. The van der Waals surface area contributed by atoms with Crippen LogP contribution in [0.25, 0.3) is 0 Å². The van der Waals surface area contributed by atoms with E-state index in [-0.39, 0.29) is 30.0 Å². The fourth-order valence-electron chi connectivity index (χ4n) is 4.34. The number of aliphatic hydroxyl groups excluding tert-OH is 1. The molecule has 1 aliphatic heterocycles. The Morgan fingerprint density at radius 2 is 2.18 bits per heavy atom. The lowest BCUT2D eigenvalue weighted by Gasteiger charge is -2.46. The van der Waals surface area contributed by atoms with Crippen molar-refractivity contribution >= 4 is 11.6 Å². The number of rotatable bonds is 7. The molecule has 0 aromatic heterocycles. The van der Waals surface area contributed by atoms with Crippen LogP contribution in [0.3, 0.4) is 0 Å². The Bertz CT molecular complexity index is 751. The van der Waals surface area contributed by atoms with E-state index in [9.17, 15) is 9.90 Å². The molecule has 0 spiro atoms. The van der Waals surface area contributed by atoms with Crippen molar-refractivity contribution in [2.45, 2.75) is 70.6 Å². The molecule has 0 bridgehead atoms. The summed E-state index contributed by atoms with van der Waals surface area (Å²) in [5.74, 6) is 1.12. The van der Waals surface area contributed by atoms with Gasteiger partial charge in [-0.05, 0) is 75.1 Å². The monoisotopic (exact) mass is 388 g/mol. The standard InChI is InChI=1S/C22H32N2O4/c1-5-22(13-25)11-17(12-22)24-20(23)16-6-8-18-15(10-16)7-9-19(28-18)21(3,27-4)14(2)26/h6,8,10,17,19,25H,5,7,9,11-13H2,1-4H3,(H2,23,24)/t17-,19-,21-,22-/m1/s1. The largest absolute Gasteiger partial charge is 0.487 e. The van der Waals surface area contributed by atoms with Gasteiger partial charge < -0.3 is 19.9 Å². The van der Waals surface area contributed by atoms with Crippen molar-refractivity contribution < 1.29 is 19.4 Å². The number of hydrogen-bond acceptors (Lipinski definition) is 5. The minimum atomic E-state index is -0.951. The summed E-state index contributed by atoms with van der Waals surface area (Å²) in [6.45, 7) is 5.63. The predicted octanol–water partition coefficient (Wildman–Crippen LogP) is 2.84. The summed E-state index contributed by atoms with van der Waals surface area (Å²) in [5.41, 5.74) is 0.961. The number of methoxy groups -OCH3 is 1. The molecule has 28 heavy (non-hydrogen) atoms. The zero-order valence-electron chi connectivity index (χ0n) is 17.3. The molecule has 154 valence electrons. The average Bonchev–Trinajstić information content (AvgIpc) is 2.68. The second kappa shape index (κ2) is 7.84. The molecule has 1 fully saturated rings. The number of ketones is 1. The first-order chi connectivity index (χ1) is 13.3. The highest BCUT2D eigenvalue weighted by atomic mass is 16.5. The molecule has 3 N–H and O–H groups in total. The van der Waals surface area contributed by atoms with Crippen LogP contribution in [-0.4, -0.2) is 48.2 Å². The SMILES string of the molecule is CC[C@]1(CO)C[C@H](NC(=N)c2ccc3c(c2)CC[C@H]([C@](C)(OC)C(C)=O)O3)C1. The number of Topliss-reactive ketones (excluding diaryl/α,β-unsaturated/α-hetero) is 1. The fourth-order valence-corrected chi connectivity index (χ4v) is 4.34. The summed E-state index contributed by atoms with van der Waals surface area (Å²) in [7, 11) is 1.54. The van der Waals surface area contributed by atoms with Crippen LogP contribution < -0.4 is 10.1 Å². The number of carbonyl (C=O) groups is 1. The normalized spacial score (nSPS) is 28.3. The highest BCUT2D eigenvalue weighted by Crippen LogP contribution is 2.43. The summed E-state index contributed by atoms with van der Waals surface area (Å²) in [4.78, 5) is 12.0. The Morgan fingerprint density at radius 1 is 1.46 bits per heavy atom. The Hall–Kier alpha value is -1.92. The van der Waals surface area contributed by atoms with Gasteiger partial charge in [0.05, 0.1) is 0 Å². The first-order valence-corrected chi connectivity index (χ1v) is 10.1. The van der Waals surface area contributed by atoms with Gasteiger partial charge >= 0.3 is 0 Å². The molecule has 3 rings (SSSR count). The molecular formula is C22H32N2O4. The smallest absolute Gasteiger partial charge is 0.165 e. The molecule has 0 unspecified atom stereocenters. The highest BCUT2D eigenvalue weighted by molar-refractivity contribution is 5.97. The Kier molecular flexibility index (Phi) is 5.82. The van der Waals surface area contributed by atoms with E-state index in [1.807, 2.05) is 18.2 Å². The van der Waals surface area contributed by atoms with Crippen molar-refractivity contribution in [2.24, 2.45) is 5.41 Å². The third kappa shape index (κ3) is 3.67. The minimum absolute atomic E-state index is 0.0291. The number of aliphatic hydroxyl groups is 1. The molecule has 1 saturated carbocycles. The average molecular weight is 389 g/mol. The van der Waals surface area contributed by atoms with Crippen LogP contribution in [0.15, 0.2) is 18.2 Å². The van der Waals surface area contributed by atoms with E-state index in [2.05, 4.69) is 12.2 Å². The van der Waals surface area contributed by atoms with Crippen molar-refractivity contribution in [2.75, 3.05) is 13.7 Å². The quantitative estimate of drug-likeness (QED) is 0.493. The van der Waals surface area contributed by atoms with Gasteiger partial charge in [-0.1, -0.05) is 6.92 Å². The Balaban J connectivity index is 1.65. The molecule has 1 aromatic rings. The highest BCUT2D eigenvalue weighted by Gasteiger charge is 2.43. The number of nitrogens with one attached hydrogen (secondary N) is 2. The maximum absolute atomic E-state index is 12.0. The molecule has 0 radical (unpaired) electrons. The first-order valence-electron chi connectivity index (χ1n) is 10.1. The van der Waals surface area contributed by atoms with Crippen LogP contribution >= 0.6 is 0 Å². The van der Waals surface area contributed by atoms with E-state index in [0.717, 1.165) is 42.6 Å². The van der Waals surface area contributed by atoms with Crippen molar-refractivity contribution in [1.82, 2.24) is 5.32 Å². The second-order valence-corrected chi connectivity index (χ2v) is 8.47. The summed E-state index contributed by atoms with van der Waals surface area (Å²) in [6.07, 6.45) is 3.92. The van der Waals surface area contributed by atoms with Crippen molar-refractivity contribution in [3.8, 4) is 5.75 Å². The maximum Gasteiger partial charge on any atom is 0.165 e. The van der Waals surface area contributed by atoms with Crippen LogP contribution in [0.5, 0.6) is 5.75 Å². The number of aryl methyl sites for hydroxylation is 1. The van der Waals surface area contributed by atoms with E-state index < -0.39 is 5.60 Å². The van der Waals surface area contributed by atoms with Gasteiger partial charge in [-0.25, -0.2) is 0 Å². The van der Waals surface area contributed by atoms with Crippen molar-refractivity contribution in [3.63, 3.8) is 0 Å². The van der Waals surface area contributed by atoms with E-state index in [1.54, 1.807) is 14.0 Å². The Labute approximate surface area is 167 Å². The van der Waals surface area contributed by atoms with Gasteiger partial charge in [0, 0.05) is 25.3 Å². The maximum atomic E-state index is 12.0. The fraction of sp³-hybridized carbons (Fsp3) is 0.636. The van der Waals surface area contributed by atoms with Gasteiger partial charge in [0.15, 0.2) is 11.4 Å². The van der Waals surface area contributed by atoms with Gasteiger partial charge in [0.1, 0.15) is 17.7 Å². The predicted molar refractivity (Wildman–Crippen MR) is 108 cm³/mol. The molecule has 2 aliphatic rings. The molecule has 0 amide bonds. The minimum Gasteiger partial charge on any atom is -0.487 e. The van der Waals surface area contributed by atoms with E-state index in [4.69, 9.17) is 14.9 Å². The van der Waals surface area contributed by atoms with E-state index in [1.165, 1.54) is 6.92 Å². The molecule has 1 aromatic carbocycles. The molecule has 1 heterocycles. The number of benzene rings is 1. The van der Waals surface area contributed by atoms with E-state index in [0.29, 0.717) is 12.3 Å². The number of hydrogen-bond donors (Lipinski definition) is 3. The van der Waals surface area contributed by atoms with Gasteiger partial charge in [-0.2, -0.15) is 0 Å². The number of carbonyl (C=O) groups excluding carboxylic acids is 1. The van der Waals surface area contributed by atoms with Crippen LogP contribution in [-0.2, 0) is 16.0 Å². The second-order valence-electron chi connectivity index (χ2n) is 8.47. The molecular weight excluding hydrogens is 356 g/mol. The molecule has 6 nitrogen and oxygen atoms in total. The third-order valence-corrected chi connectivity index (χ3v) is 6.82. The van der Waals surface area contributed by atoms with Gasteiger partial charge in [0.2, 0.25) is 0 Å². The number of fused-ring (bicyclic) bond motifs is 1. The van der Waals surface area contributed by atoms with Crippen LogP contribution in [0, 0.1) is 10.8 Å². The molecule has 6 heteroatoms. The lowest BCUT2D eigenvalue weighted by atomic mass is 9.64. The van der Waals surface area contributed by atoms with Gasteiger partial charge in [-0.3, -0.25) is 10.2 Å². The molecule has 2 atom stereocenters. The Morgan fingerprint density at radius 3 is 2.75 bits per heavy atom. The first kappa shape index (κ1) is 20.8. The number of amidine groups is 1. The van der Waals surface area contributed by atoms with Crippen molar-refractivity contribution in [3.05, 3.63) is 29.3 Å². The third-order valence-electron chi connectivity index (χ3n) is 6.82. The van der Waals surface area contributed by atoms with Crippen LogP contribution in [0.4, 0.5) is 0 Å². The lowest BCUT2D eigenvalue weighted by Crippen LogP contribution is -2.52. The molecule has 0 saturated heterocycles. The van der Waals surface area contributed by atoms with Crippen molar-refractivity contribution in [1.29, 1.82) is 5.41 Å². The summed E-state index contributed by atoms with van der Waals surface area (Å²) < 4.78 is 11.6. The number of ether oxygens (including phenoxy) is 2. The summed E-state index contributed by atoms with van der Waals surface area (Å²) in [6, 6.07) is 6.01. The van der Waals surface area contributed by atoms with Crippen LogP contribution in [0.2, 0.25) is 0 Å². The lowest BCUT2D eigenvalue weighted by molar-refractivity contribution is -0.149. The van der Waals surface area contributed by atoms with E-state index >= 15 is 0 Å². The topological polar surface area (TPSA) is 91.6 Å². The molecule has 1 aliphatic carbocycles. The van der Waals surface area contributed by atoms with Crippen LogP contribution in [0.1, 0.15) is 57.6 Å². The summed E-state index contributed by atoms with van der Waals surface area (Å²) >= 11 is 0. The zero-order chi connectivity index (χ0) is 20.5. The zero-order valence-corrected chi connectivity index (χ0v) is 17.3.